The molecule has 4 aliphatic carbocycles. The SMILES string of the molecule is CC(C)c1cnn2c(N[C@@H]3CCC4=C(C3)c3cccc(O)c3C4)nc(-c3cncc(F)c3)nc12.CC(C)c1cnn2c(N[C@H]3CCC4=C(C3)c3cccc(O)c3C4)nc(-c3cncc(F)c3)nc12. The van der Waals surface area contributed by atoms with Gasteiger partial charge >= 0.3 is 0 Å². The van der Waals surface area contributed by atoms with Gasteiger partial charge in [-0.15, -0.1) is 0 Å². The van der Waals surface area contributed by atoms with Crippen molar-refractivity contribution in [1.82, 2.24) is 49.1 Å². The van der Waals surface area contributed by atoms with Crippen LogP contribution in [0.4, 0.5) is 20.7 Å². The molecule has 0 saturated carbocycles. The number of hydrogen-bond donors (Lipinski definition) is 4. The normalized spacial score (nSPS) is 17.4. The van der Waals surface area contributed by atoms with E-state index in [1.54, 1.807) is 33.6 Å². The molecule has 0 bridgehead atoms. The molecule has 8 aromatic rings. The molecule has 68 heavy (non-hydrogen) atoms. The number of allylic oxidation sites excluding steroid dienone is 2. The van der Waals surface area contributed by atoms with E-state index in [0.717, 1.165) is 84.7 Å². The van der Waals surface area contributed by atoms with Crippen LogP contribution in [0.15, 0.2) is 96.9 Å². The molecule has 2 aromatic carbocycles. The quantitative estimate of drug-likeness (QED) is 0.114. The smallest absolute Gasteiger partial charge is 0.228 e. The number of hydrogen-bond acceptors (Lipinski definition) is 12. The molecule has 12 rings (SSSR count). The second-order valence-corrected chi connectivity index (χ2v) is 18.8. The summed E-state index contributed by atoms with van der Waals surface area (Å²) in [7, 11) is 0. The molecule has 344 valence electrons. The summed E-state index contributed by atoms with van der Waals surface area (Å²) in [4.78, 5) is 26.9. The minimum atomic E-state index is -0.428. The van der Waals surface area contributed by atoms with Crippen molar-refractivity contribution in [2.75, 3.05) is 10.6 Å². The van der Waals surface area contributed by atoms with Gasteiger partial charge < -0.3 is 20.8 Å². The predicted molar refractivity (Wildman–Crippen MR) is 256 cm³/mol. The van der Waals surface area contributed by atoms with Crippen molar-refractivity contribution in [3.63, 3.8) is 0 Å². The summed E-state index contributed by atoms with van der Waals surface area (Å²) in [5.41, 5.74) is 14.3. The maximum atomic E-state index is 13.9. The monoisotopic (exact) mass is 912 g/mol. The number of nitrogens with one attached hydrogen (secondary N) is 2. The van der Waals surface area contributed by atoms with Gasteiger partial charge in [-0.2, -0.15) is 29.2 Å². The van der Waals surface area contributed by atoms with Gasteiger partial charge in [-0.3, -0.25) is 9.97 Å². The van der Waals surface area contributed by atoms with Crippen LogP contribution in [0, 0.1) is 11.6 Å². The zero-order valence-electron chi connectivity index (χ0n) is 38.2. The molecule has 0 amide bonds. The lowest BCUT2D eigenvalue weighted by Crippen LogP contribution is -2.25. The first-order chi connectivity index (χ1) is 32.9. The summed E-state index contributed by atoms with van der Waals surface area (Å²) in [5.74, 6) is 2.34. The highest BCUT2D eigenvalue weighted by atomic mass is 19.1. The molecule has 6 heterocycles. The average molecular weight is 913 g/mol. The fraction of sp³-hybridized carbons (Fsp3) is 0.308. The Bertz CT molecular complexity index is 3140. The van der Waals surface area contributed by atoms with E-state index in [-0.39, 0.29) is 23.9 Å². The highest BCUT2D eigenvalue weighted by molar-refractivity contribution is 5.81. The van der Waals surface area contributed by atoms with Crippen LogP contribution in [0.1, 0.15) is 111 Å². The van der Waals surface area contributed by atoms with Crippen molar-refractivity contribution in [2.45, 2.75) is 103 Å². The number of aromatic hydroxyl groups is 2. The average Bonchev–Trinajstić information content (AvgIpc) is 4.13. The third kappa shape index (κ3) is 7.86. The first-order valence-electron chi connectivity index (χ1n) is 23.3. The van der Waals surface area contributed by atoms with Crippen molar-refractivity contribution in [1.29, 1.82) is 0 Å². The van der Waals surface area contributed by atoms with Crippen LogP contribution in [0.25, 0.3) is 45.2 Å². The number of halogens is 2. The van der Waals surface area contributed by atoms with Crippen molar-refractivity contribution in [2.24, 2.45) is 0 Å². The maximum Gasteiger partial charge on any atom is 0.228 e. The van der Waals surface area contributed by atoms with Crippen LogP contribution in [0.5, 0.6) is 11.5 Å². The molecule has 0 saturated heterocycles. The van der Waals surface area contributed by atoms with Crippen molar-refractivity contribution in [3.8, 4) is 34.3 Å². The highest BCUT2D eigenvalue weighted by Gasteiger charge is 2.32. The van der Waals surface area contributed by atoms with E-state index in [2.05, 4.69) is 70.6 Å². The number of aromatic nitrogens is 10. The number of phenolic OH excluding ortho intramolecular Hbond substituents is 2. The fourth-order valence-corrected chi connectivity index (χ4v) is 10.2. The number of fused-ring (bicyclic) bond motifs is 6. The van der Waals surface area contributed by atoms with Crippen molar-refractivity contribution < 1.29 is 19.0 Å². The maximum absolute atomic E-state index is 13.9. The Hall–Kier alpha value is -7.62. The van der Waals surface area contributed by atoms with Gasteiger partial charge in [-0.1, -0.05) is 63.1 Å². The largest absolute Gasteiger partial charge is 0.508 e. The van der Waals surface area contributed by atoms with Gasteiger partial charge in [0.1, 0.15) is 23.1 Å². The Kier molecular flexibility index (Phi) is 10.9. The Labute approximate surface area is 391 Å². The lowest BCUT2D eigenvalue weighted by molar-refractivity contribution is 0.469. The van der Waals surface area contributed by atoms with Crippen molar-refractivity contribution >= 4 is 34.3 Å². The summed E-state index contributed by atoms with van der Waals surface area (Å²) in [6, 6.07) is 14.6. The number of nitrogens with zero attached hydrogens (tertiary/aromatic N) is 10. The van der Waals surface area contributed by atoms with Gasteiger partial charge in [0.15, 0.2) is 22.9 Å². The molecular weight excluding hydrogens is 863 g/mol. The lowest BCUT2D eigenvalue weighted by atomic mass is 9.88. The minimum Gasteiger partial charge on any atom is -0.508 e. The van der Waals surface area contributed by atoms with E-state index in [1.807, 2.05) is 24.5 Å². The first-order valence-corrected chi connectivity index (χ1v) is 23.3. The summed E-state index contributed by atoms with van der Waals surface area (Å²) in [6.45, 7) is 8.38. The van der Waals surface area contributed by atoms with E-state index in [1.165, 1.54) is 46.8 Å². The Morgan fingerprint density at radius 2 is 1.03 bits per heavy atom. The molecule has 4 aliphatic rings. The number of rotatable bonds is 8. The van der Waals surface area contributed by atoms with Gasteiger partial charge in [0.2, 0.25) is 11.9 Å². The second kappa shape index (κ2) is 17.2. The summed E-state index contributed by atoms with van der Waals surface area (Å²) >= 11 is 0. The Morgan fingerprint density at radius 3 is 1.44 bits per heavy atom. The van der Waals surface area contributed by atoms with Crippen LogP contribution >= 0.6 is 0 Å². The van der Waals surface area contributed by atoms with Gasteiger partial charge in [0.05, 0.1) is 24.8 Å². The molecule has 0 unspecified atom stereocenters. The minimum absolute atomic E-state index is 0.148. The molecule has 4 N–H and O–H groups in total. The standard InChI is InChI=1S/2C26H25FN6O/c2*1-14(2)22-13-29-33-25(22)31-24(16-8-17(27)12-28-11-16)32-26(33)30-18-7-6-15-9-21-19(20(15)10-18)4-3-5-23(21)34/h2*3-5,8,11-14,18,34H,6-7,9-10H2,1-2H3,(H,30,31,32)/t2*18-/m10/s1. The molecule has 0 fully saturated rings. The number of phenols is 2. The van der Waals surface area contributed by atoms with Crippen LogP contribution in [-0.4, -0.2) is 71.4 Å². The van der Waals surface area contributed by atoms with E-state index in [4.69, 9.17) is 19.9 Å². The number of benzene rings is 2. The van der Waals surface area contributed by atoms with Crippen LogP contribution in [0.2, 0.25) is 0 Å². The predicted octanol–water partition coefficient (Wildman–Crippen LogP) is 10.3. The highest BCUT2D eigenvalue weighted by Crippen LogP contribution is 2.46. The molecule has 2 atom stereocenters. The van der Waals surface area contributed by atoms with Crippen LogP contribution < -0.4 is 10.6 Å². The third-order valence-electron chi connectivity index (χ3n) is 13.7. The summed E-state index contributed by atoms with van der Waals surface area (Å²) in [6.07, 6.45) is 16.3. The zero-order valence-corrected chi connectivity index (χ0v) is 38.2. The second-order valence-electron chi connectivity index (χ2n) is 18.8. The Balaban J connectivity index is 0.000000149. The molecule has 0 spiro atoms. The Morgan fingerprint density at radius 1 is 0.588 bits per heavy atom. The molecule has 16 heteroatoms. The first kappa shape index (κ1) is 43.0. The van der Waals surface area contributed by atoms with Crippen LogP contribution in [-0.2, 0) is 12.8 Å². The lowest BCUT2D eigenvalue weighted by Gasteiger charge is -2.26. The van der Waals surface area contributed by atoms with Gasteiger partial charge in [-0.25, -0.2) is 18.7 Å². The van der Waals surface area contributed by atoms with E-state index in [9.17, 15) is 19.0 Å². The topological polar surface area (TPSA) is 176 Å². The number of pyridine rings is 2. The molecule has 0 radical (unpaired) electrons. The molecule has 6 aromatic heterocycles. The van der Waals surface area contributed by atoms with Crippen molar-refractivity contribution in [3.05, 3.63) is 142 Å². The fourth-order valence-electron chi connectivity index (χ4n) is 10.2. The van der Waals surface area contributed by atoms with Gasteiger partial charge in [-0.05, 0) is 110 Å². The van der Waals surface area contributed by atoms with E-state index < -0.39 is 11.6 Å². The molecular formula is C52H50F2N12O2. The third-order valence-corrected chi connectivity index (χ3v) is 13.7. The molecule has 14 nitrogen and oxygen atoms in total. The van der Waals surface area contributed by atoms with Crippen LogP contribution in [0.3, 0.4) is 0 Å². The molecule has 0 aliphatic heterocycles. The number of anilines is 2. The van der Waals surface area contributed by atoms with E-state index in [0.29, 0.717) is 57.5 Å². The van der Waals surface area contributed by atoms with E-state index >= 15 is 0 Å². The summed E-state index contributed by atoms with van der Waals surface area (Å²) < 4.78 is 31.3. The van der Waals surface area contributed by atoms with Gasteiger partial charge in [0, 0.05) is 57.9 Å². The zero-order chi connectivity index (χ0) is 46.8. The van der Waals surface area contributed by atoms with Gasteiger partial charge in [0.25, 0.3) is 0 Å². The summed E-state index contributed by atoms with van der Waals surface area (Å²) in [5, 5.41) is 36.9.